The zero-order valence-electron chi connectivity index (χ0n) is 12.0. The van der Waals surface area contributed by atoms with Crippen LogP contribution in [0.25, 0.3) is 0 Å². The van der Waals surface area contributed by atoms with Crippen molar-refractivity contribution in [2.75, 3.05) is 13.1 Å². The predicted molar refractivity (Wildman–Crippen MR) is 82.8 cm³/mol. The number of amides is 1. The molecular formula is C16H23ClN2O. The van der Waals surface area contributed by atoms with Crippen LogP contribution >= 0.6 is 11.6 Å². The molecule has 4 heteroatoms. The molecular weight excluding hydrogens is 272 g/mol. The second kappa shape index (κ2) is 6.59. The van der Waals surface area contributed by atoms with Crippen molar-refractivity contribution < 1.29 is 4.79 Å². The lowest BCUT2D eigenvalue weighted by Crippen LogP contribution is -2.42. The van der Waals surface area contributed by atoms with Gasteiger partial charge in [0.05, 0.1) is 0 Å². The van der Waals surface area contributed by atoms with E-state index >= 15 is 0 Å². The van der Waals surface area contributed by atoms with Gasteiger partial charge in [-0.05, 0) is 30.5 Å². The Morgan fingerprint density at radius 3 is 2.50 bits per heavy atom. The van der Waals surface area contributed by atoms with Gasteiger partial charge in [0.15, 0.2) is 0 Å². The number of rotatable bonds is 5. The van der Waals surface area contributed by atoms with Crippen LogP contribution in [0.2, 0.25) is 5.02 Å². The van der Waals surface area contributed by atoms with E-state index in [1.54, 1.807) is 0 Å². The van der Waals surface area contributed by atoms with E-state index in [0.717, 1.165) is 17.9 Å². The molecule has 1 aromatic rings. The second-order valence-corrected chi connectivity index (χ2v) is 6.29. The number of hydrogen-bond donors (Lipinski definition) is 2. The van der Waals surface area contributed by atoms with E-state index in [9.17, 15) is 4.79 Å². The number of carbonyl (C=O) groups excluding carboxylic acids is 1. The van der Waals surface area contributed by atoms with E-state index in [4.69, 9.17) is 17.3 Å². The van der Waals surface area contributed by atoms with Gasteiger partial charge in [-0.1, -0.05) is 43.5 Å². The van der Waals surface area contributed by atoms with Crippen LogP contribution in [0.15, 0.2) is 24.3 Å². The Labute approximate surface area is 125 Å². The Bertz CT molecular complexity index is 452. The zero-order chi connectivity index (χ0) is 14.6. The molecule has 110 valence electrons. The molecule has 0 radical (unpaired) electrons. The van der Waals surface area contributed by atoms with Crippen LogP contribution in [-0.4, -0.2) is 19.0 Å². The van der Waals surface area contributed by atoms with Gasteiger partial charge in [-0.25, -0.2) is 0 Å². The normalized spacial score (nSPS) is 18.8. The summed E-state index contributed by atoms with van der Waals surface area (Å²) < 4.78 is 0. The van der Waals surface area contributed by atoms with E-state index in [-0.39, 0.29) is 17.2 Å². The summed E-state index contributed by atoms with van der Waals surface area (Å²) in [5, 5.41) is 3.83. The van der Waals surface area contributed by atoms with Crippen molar-refractivity contribution in [1.82, 2.24) is 5.32 Å². The summed E-state index contributed by atoms with van der Waals surface area (Å²) in [5.74, 6) is -0.0774. The van der Waals surface area contributed by atoms with Gasteiger partial charge in [0.1, 0.15) is 0 Å². The van der Waals surface area contributed by atoms with Gasteiger partial charge < -0.3 is 11.1 Å². The number of hydrogen-bond acceptors (Lipinski definition) is 2. The lowest BCUT2D eigenvalue weighted by Gasteiger charge is -2.30. The van der Waals surface area contributed by atoms with Crippen molar-refractivity contribution in [2.24, 2.45) is 11.7 Å². The zero-order valence-corrected chi connectivity index (χ0v) is 12.7. The second-order valence-electron chi connectivity index (χ2n) is 5.85. The SMILES string of the molecule is CC(CN)C(=O)NCC1(c2ccc(Cl)cc2)CCCC1. The molecule has 1 aromatic carbocycles. The standard InChI is InChI=1S/C16H23ClN2O/c1-12(10-18)15(20)19-11-16(8-2-3-9-16)13-4-6-14(17)7-5-13/h4-7,12H,2-3,8-11,18H2,1H3,(H,19,20). The first-order valence-electron chi connectivity index (χ1n) is 7.31. The molecule has 1 aliphatic rings. The first kappa shape index (κ1) is 15.3. The molecule has 1 saturated carbocycles. The van der Waals surface area contributed by atoms with Crippen molar-refractivity contribution in [3.63, 3.8) is 0 Å². The largest absolute Gasteiger partial charge is 0.355 e. The number of nitrogens with one attached hydrogen (secondary N) is 1. The van der Waals surface area contributed by atoms with Crippen LogP contribution in [0, 0.1) is 5.92 Å². The highest BCUT2D eigenvalue weighted by Gasteiger charge is 2.36. The summed E-state index contributed by atoms with van der Waals surface area (Å²) in [7, 11) is 0. The maximum atomic E-state index is 11.9. The lowest BCUT2D eigenvalue weighted by atomic mass is 9.78. The maximum Gasteiger partial charge on any atom is 0.224 e. The van der Waals surface area contributed by atoms with Crippen molar-refractivity contribution in [3.8, 4) is 0 Å². The van der Waals surface area contributed by atoms with Crippen molar-refractivity contribution in [1.29, 1.82) is 0 Å². The van der Waals surface area contributed by atoms with Gasteiger partial charge in [0.25, 0.3) is 0 Å². The van der Waals surface area contributed by atoms with E-state index in [1.165, 1.54) is 18.4 Å². The molecule has 0 spiro atoms. The fourth-order valence-corrected chi connectivity index (χ4v) is 3.09. The van der Waals surface area contributed by atoms with Crippen LogP contribution in [0.5, 0.6) is 0 Å². The van der Waals surface area contributed by atoms with Gasteiger partial charge in [-0.15, -0.1) is 0 Å². The third-order valence-electron chi connectivity index (χ3n) is 4.42. The summed E-state index contributed by atoms with van der Waals surface area (Å²) in [5.41, 5.74) is 6.88. The van der Waals surface area contributed by atoms with Crippen molar-refractivity contribution in [3.05, 3.63) is 34.9 Å². The van der Waals surface area contributed by atoms with E-state index in [2.05, 4.69) is 17.4 Å². The molecule has 1 amide bonds. The van der Waals surface area contributed by atoms with Crippen LogP contribution in [0.4, 0.5) is 0 Å². The van der Waals surface area contributed by atoms with E-state index in [0.29, 0.717) is 13.1 Å². The molecule has 2 rings (SSSR count). The average Bonchev–Trinajstić information content (AvgIpc) is 2.94. The van der Waals surface area contributed by atoms with Crippen LogP contribution < -0.4 is 11.1 Å². The maximum absolute atomic E-state index is 11.9. The third kappa shape index (κ3) is 3.33. The number of nitrogens with two attached hydrogens (primary N) is 1. The summed E-state index contributed by atoms with van der Waals surface area (Å²) in [6.45, 7) is 2.94. The predicted octanol–water partition coefficient (Wildman–Crippen LogP) is 2.86. The fraction of sp³-hybridized carbons (Fsp3) is 0.562. The molecule has 20 heavy (non-hydrogen) atoms. The number of halogens is 1. The number of carbonyl (C=O) groups is 1. The smallest absolute Gasteiger partial charge is 0.224 e. The molecule has 0 aromatic heterocycles. The minimum atomic E-state index is -0.126. The number of benzene rings is 1. The molecule has 0 aliphatic heterocycles. The van der Waals surface area contributed by atoms with Gasteiger partial charge in [-0.3, -0.25) is 4.79 Å². The Balaban J connectivity index is 2.10. The van der Waals surface area contributed by atoms with Crippen LogP contribution in [0.3, 0.4) is 0 Å². The van der Waals surface area contributed by atoms with Crippen LogP contribution in [-0.2, 0) is 10.2 Å². The Morgan fingerprint density at radius 2 is 1.95 bits per heavy atom. The molecule has 3 N–H and O–H groups in total. The highest BCUT2D eigenvalue weighted by Crippen LogP contribution is 2.40. The molecule has 3 nitrogen and oxygen atoms in total. The van der Waals surface area contributed by atoms with Crippen molar-refractivity contribution in [2.45, 2.75) is 38.0 Å². The van der Waals surface area contributed by atoms with Gasteiger partial charge in [0.2, 0.25) is 5.91 Å². The highest BCUT2D eigenvalue weighted by molar-refractivity contribution is 6.30. The van der Waals surface area contributed by atoms with Gasteiger partial charge in [-0.2, -0.15) is 0 Å². The third-order valence-corrected chi connectivity index (χ3v) is 4.67. The summed E-state index contributed by atoms with van der Waals surface area (Å²) >= 11 is 5.97. The molecule has 1 aliphatic carbocycles. The molecule has 0 heterocycles. The molecule has 0 saturated heterocycles. The van der Waals surface area contributed by atoms with Crippen molar-refractivity contribution >= 4 is 17.5 Å². The average molecular weight is 295 g/mol. The minimum Gasteiger partial charge on any atom is -0.355 e. The monoisotopic (exact) mass is 294 g/mol. The topological polar surface area (TPSA) is 55.1 Å². The molecule has 1 unspecified atom stereocenters. The lowest BCUT2D eigenvalue weighted by molar-refractivity contribution is -0.124. The highest BCUT2D eigenvalue weighted by atomic mass is 35.5. The first-order chi connectivity index (χ1) is 9.57. The molecule has 0 bridgehead atoms. The Morgan fingerprint density at radius 1 is 1.35 bits per heavy atom. The Kier molecular flexibility index (Phi) is 5.06. The fourth-order valence-electron chi connectivity index (χ4n) is 2.96. The summed E-state index contributed by atoms with van der Waals surface area (Å²) in [6, 6.07) is 8.04. The summed E-state index contributed by atoms with van der Waals surface area (Å²) in [4.78, 5) is 11.9. The molecule has 1 atom stereocenters. The van der Waals surface area contributed by atoms with Gasteiger partial charge in [0, 0.05) is 29.4 Å². The van der Waals surface area contributed by atoms with E-state index < -0.39 is 0 Å². The first-order valence-corrected chi connectivity index (χ1v) is 7.69. The minimum absolute atomic E-state index is 0.0488. The van der Waals surface area contributed by atoms with E-state index in [1.807, 2.05) is 19.1 Å². The molecule has 1 fully saturated rings. The summed E-state index contributed by atoms with van der Waals surface area (Å²) in [6.07, 6.45) is 4.66. The quantitative estimate of drug-likeness (QED) is 0.877. The van der Waals surface area contributed by atoms with Crippen LogP contribution in [0.1, 0.15) is 38.2 Å². The Hall–Kier alpha value is -1.06. The van der Waals surface area contributed by atoms with Gasteiger partial charge >= 0.3 is 0 Å².